The number of anilines is 1. The van der Waals surface area contributed by atoms with Crippen molar-refractivity contribution in [3.05, 3.63) is 65.5 Å². The van der Waals surface area contributed by atoms with Gasteiger partial charge in [0.05, 0.1) is 0 Å². The van der Waals surface area contributed by atoms with E-state index >= 15 is 0 Å². The van der Waals surface area contributed by atoms with Gasteiger partial charge in [0.15, 0.2) is 5.54 Å². The van der Waals surface area contributed by atoms with Crippen LogP contribution in [0.5, 0.6) is 0 Å². The fourth-order valence-electron chi connectivity index (χ4n) is 3.44. The van der Waals surface area contributed by atoms with Gasteiger partial charge in [-0.3, -0.25) is 10.1 Å². The van der Waals surface area contributed by atoms with Gasteiger partial charge in [0.2, 0.25) is 0 Å². The van der Waals surface area contributed by atoms with Crippen molar-refractivity contribution in [2.45, 2.75) is 24.5 Å². The summed E-state index contributed by atoms with van der Waals surface area (Å²) < 4.78 is 48.3. The Bertz CT molecular complexity index is 920. The van der Waals surface area contributed by atoms with E-state index in [1.807, 2.05) is 0 Å². The minimum absolute atomic E-state index is 0.153. The molecular weight excluding hydrogens is 359 g/mol. The first-order valence-corrected chi connectivity index (χ1v) is 8.38. The van der Waals surface area contributed by atoms with Crippen molar-refractivity contribution in [2.24, 2.45) is 10.9 Å². The lowest BCUT2D eigenvalue weighted by molar-refractivity contribution is 0.0166. The number of fused-ring (bicyclic) bond motifs is 1. The molecule has 140 valence electrons. The zero-order chi connectivity index (χ0) is 19.2. The smallest absolute Gasteiger partial charge is 0.293 e. The maximum Gasteiger partial charge on any atom is 0.293 e. The second-order valence-electron chi connectivity index (χ2n) is 6.60. The molecule has 0 bridgehead atoms. The number of nitrogens with zero attached hydrogens (tertiary/aromatic N) is 1. The molecule has 4 rings (SSSR count). The minimum atomic E-state index is -3.00. The Morgan fingerprint density at radius 1 is 1.26 bits per heavy atom. The van der Waals surface area contributed by atoms with E-state index in [1.54, 1.807) is 30.3 Å². The number of rotatable bonds is 3. The average Bonchev–Trinajstić information content (AvgIpc) is 3.43. The molecule has 1 aliphatic heterocycles. The molecule has 3 N–H and O–H groups in total. The summed E-state index contributed by atoms with van der Waals surface area (Å²) in [6.07, 6.45) is -3.29. The summed E-state index contributed by atoms with van der Waals surface area (Å²) >= 11 is 0. The molecule has 0 aromatic heterocycles. The molecule has 1 saturated carbocycles. The van der Waals surface area contributed by atoms with Crippen LogP contribution in [0, 0.1) is 11.7 Å². The lowest BCUT2D eigenvalue weighted by Crippen LogP contribution is -2.46. The van der Waals surface area contributed by atoms with Gasteiger partial charge in [-0.15, -0.1) is 0 Å². The molecule has 1 unspecified atom stereocenters. The third kappa shape index (κ3) is 2.90. The first-order chi connectivity index (χ1) is 12.9. The third-order valence-corrected chi connectivity index (χ3v) is 4.86. The van der Waals surface area contributed by atoms with Crippen molar-refractivity contribution >= 4 is 17.6 Å². The van der Waals surface area contributed by atoms with E-state index in [0.29, 0.717) is 5.56 Å². The predicted octanol–water partition coefficient (Wildman–Crippen LogP) is 3.07. The zero-order valence-corrected chi connectivity index (χ0v) is 14.0. The number of nitrogen functional groups attached to an aromatic ring is 1. The van der Waals surface area contributed by atoms with Gasteiger partial charge in [-0.2, -0.15) is 0 Å². The monoisotopic (exact) mass is 375 g/mol. The maximum atomic E-state index is 14.4. The molecule has 0 saturated heterocycles. The first-order valence-electron chi connectivity index (χ1n) is 8.38. The van der Waals surface area contributed by atoms with Crippen LogP contribution in [-0.2, 0) is 10.3 Å². The molecule has 27 heavy (non-hydrogen) atoms. The highest BCUT2D eigenvalue weighted by Gasteiger charge is 2.64. The number of amidine groups is 1. The predicted molar refractivity (Wildman–Crippen MR) is 92.8 cm³/mol. The van der Waals surface area contributed by atoms with Gasteiger partial charge >= 0.3 is 0 Å². The number of carbonyl (C=O) groups excluding carboxylic acids is 1. The summed E-state index contributed by atoms with van der Waals surface area (Å²) in [6.45, 7) is 0. The number of hydrogen-bond acceptors (Lipinski definition) is 4. The molecule has 1 amide bonds. The first kappa shape index (κ1) is 17.4. The zero-order valence-electron chi connectivity index (χ0n) is 14.0. The number of halogens is 3. The fraction of sp³-hybridized carbons (Fsp3) is 0.263. The number of benzene rings is 2. The van der Waals surface area contributed by atoms with Crippen molar-refractivity contribution in [1.82, 2.24) is 5.32 Å². The van der Waals surface area contributed by atoms with Crippen molar-refractivity contribution < 1.29 is 22.7 Å². The van der Waals surface area contributed by atoms with E-state index in [4.69, 9.17) is 10.5 Å². The fourth-order valence-corrected chi connectivity index (χ4v) is 3.44. The number of nitrogens with two attached hydrogens (primary N) is 1. The Hall–Kier alpha value is -3.03. The van der Waals surface area contributed by atoms with Crippen LogP contribution in [0.25, 0.3) is 0 Å². The summed E-state index contributed by atoms with van der Waals surface area (Å²) in [6, 6.07) is 11.4. The van der Waals surface area contributed by atoms with E-state index in [1.165, 1.54) is 12.1 Å². The molecule has 2 aliphatic rings. The molecule has 0 spiro atoms. The largest absolute Gasteiger partial charge is 0.461 e. The van der Waals surface area contributed by atoms with Crippen molar-refractivity contribution in [3.63, 3.8) is 0 Å². The lowest BCUT2D eigenvalue weighted by atomic mass is 9.84. The van der Waals surface area contributed by atoms with Crippen LogP contribution >= 0.6 is 0 Å². The van der Waals surface area contributed by atoms with Crippen molar-refractivity contribution in [3.8, 4) is 0 Å². The van der Waals surface area contributed by atoms with Gasteiger partial charge in [-0.25, -0.2) is 18.2 Å². The molecule has 1 fully saturated rings. The Morgan fingerprint density at radius 3 is 2.70 bits per heavy atom. The van der Waals surface area contributed by atoms with Crippen molar-refractivity contribution in [2.75, 3.05) is 5.73 Å². The minimum Gasteiger partial charge on any atom is -0.461 e. The summed E-state index contributed by atoms with van der Waals surface area (Å²) in [5.41, 5.74) is 3.71. The highest BCUT2D eigenvalue weighted by Crippen LogP contribution is 2.56. The number of ether oxygens (including phenoxy) is 1. The summed E-state index contributed by atoms with van der Waals surface area (Å²) in [5.74, 6) is -2.06. The van der Waals surface area contributed by atoms with Crippen LogP contribution in [0.4, 0.5) is 18.9 Å². The second kappa shape index (κ2) is 6.29. The van der Waals surface area contributed by atoms with Crippen LogP contribution < -0.4 is 11.1 Å². The summed E-state index contributed by atoms with van der Waals surface area (Å²) in [7, 11) is 0. The third-order valence-electron chi connectivity index (χ3n) is 4.86. The normalized spacial score (nSPS) is 26.0. The molecule has 5 nitrogen and oxygen atoms in total. The Morgan fingerprint density at radius 2 is 2.00 bits per heavy atom. The molecule has 3 atom stereocenters. The van der Waals surface area contributed by atoms with Gasteiger partial charge in [0.1, 0.15) is 11.9 Å². The van der Waals surface area contributed by atoms with Gasteiger partial charge < -0.3 is 10.5 Å². The number of nitrogens with one attached hydrogen (secondary N) is 1. The molecule has 1 heterocycles. The molecule has 1 aliphatic carbocycles. The van der Waals surface area contributed by atoms with Crippen LogP contribution in [-0.4, -0.2) is 24.5 Å². The standard InChI is InChI=1S/C19H16F3N3O2/c20-14-7-6-11(23)8-12(14)19(17(21)22)13-9-15(13)27-18(25-19)24-16(26)10-4-2-1-3-5-10/h1-8,13,15,17H,9,23H2,(H,24,25,26)/t13-,15?,19+/m0/s1. The second-order valence-corrected chi connectivity index (χ2v) is 6.60. The van der Waals surface area contributed by atoms with Crippen LogP contribution in [0.15, 0.2) is 53.5 Å². The van der Waals surface area contributed by atoms with Crippen molar-refractivity contribution in [1.29, 1.82) is 0 Å². The van der Waals surface area contributed by atoms with Crippen LogP contribution in [0.2, 0.25) is 0 Å². The number of hydrogen-bond donors (Lipinski definition) is 2. The van der Waals surface area contributed by atoms with Crippen LogP contribution in [0.3, 0.4) is 0 Å². The molecule has 2 aromatic carbocycles. The van der Waals surface area contributed by atoms with E-state index in [9.17, 15) is 18.0 Å². The molecule has 2 aromatic rings. The van der Waals surface area contributed by atoms with E-state index in [0.717, 1.165) is 6.07 Å². The highest BCUT2D eigenvalue weighted by molar-refractivity contribution is 6.04. The average molecular weight is 375 g/mol. The van der Waals surface area contributed by atoms with Gasteiger partial charge in [0.25, 0.3) is 18.4 Å². The maximum absolute atomic E-state index is 14.4. The number of amides is 1. The van der Waals surface area contributed by atoms with Gasteiger partial charge in [-0.05, 0) is 36.8 Å². The SMILES string of the molecule is Nc1ccc(F)c([C@@]2(C(F)F)N=C(NC(=O)c3ccccc3)OC3C[C@@H]32)c1. The summed E-state index contributed by atoms with van der Waals surface area (Å²) in [5, 5.41) is 2.41. The Labute approximate surface area is 153 Å². The lowest BCUT2D eigenvalue weighted by Gasteiger charge is -2.34. The van der Waals surface area contributed by atoms with Gasteiger partial charge in [-0.1, -0.05) is 18.2 Å². The van der Waals surface area contributed by atoms with E-state index < -0.39 is 35.7 Å². The Kier molecular flexibility index (Phi) is 4.05. The van der Waals surface area contributed by atoms with Crippen LogP contribution in [0.1, 0.15) is 22.3 Å². The molecular formula is C19H16F3N3O2. The summed E-state index contributed by atoms with van der Waals surface area (Å²) in [4.78, 5) is 16.3. The Balaban J connectivity index is 1.74. The van der Waals surface area contributed by atoms with Gasteiger partial charge in [0, 0.05) is 22.7 Å². The number of alkyl halides is 2. The highest BCUT2D eigenvalue weighted by atomic mass is 19.3. The molecule has 0 radical (unpaired) electrons. The quantitative estimate of drug-likeness (QED) is 0.810. The van der Waals surface area contributed by atoms with E-state index in [-0.39, 0.29) is 23.7 Å². The topological polar surface area (TPSA) is 76.7 Å². The van der Waals surface area contributed by atoms with E-state index in [2.05, 4.69) is 10.3 Å². The number of aliphatic imine (C=N–C) groups is 1. The molecule has 8 heteroatoms. The number of carbonyl (C=O) groups is 1.